The zero-order valence-electron chi connectivity index (χ0n) is 6.88. The summed E-state index contributed by atoms with van der Waals surface area (Å²) in [5.41, 5.74) is 0. The van der Waals surface area contributed by atoms with Gasteiger partial charge in [0.25, 0.3) is 0 Å². The summed E-state index contributed by atoms with van der Waals surface area (Å²) in [5.74, 6) is -2.39. The summed E-state index contributed by atoms with van der Waals surface area (Å²) < 4.78 is 19.0. The van der Waals surface area contributed by atoms with Gasteiger partial charge in [0, 0.05) is 13.8 Å². The minimum atomic E-state index is -2.60. The van der Waals surface area contributed by atoms with Crippen LogP contribution < -0.4 is 9.79 Å². The number of hydrogen-bond acceptors (Lipinski definition) is 6. The van der Waals surface area contributed by atoms with Crippen LogP contribution in [-0.2, 0) is 26.2 Å². The van der Waals surface area contributed by atoms with Crippen LogP contribution in [0.25, 0.3) is 0 Å². The monoisotopic (exact) mass is 279 g/mol. The molecule has 0 aromatic heterocycles. The van der Waals surface area contributed by atoms with Gasteiger partial charge in [-0.3, -0.25) is 0 Å². The molecule has 4 atom stereocenters. The van der Waals surface area contributed by atoms with Crippen LogP contribution in [0, 0.1) is 0 Å². The molecule has 0 fully saturated rings. The Morgan fingerprint density at radius 3 is 1.08 bits per heavy atom. The van der Waals surface area contributed by atoms with Crippen LogP contribution in [0.5, 0.6) is 0 Å². The van der Waals surface area contributed by atoms with E-state index < -0.39 is 27.7 Å². The third-order valence-corrected chi connectivity index (χ3v) is 1.83. The number of rotatable bonds is 2. The standard InChI is InChI=1S/2C2H5O3P.Cu/c2*1-2(3)6(4)5;/h2*2-3H,1H3;/q;;+2. The van der Waals surface area contributed by atoms with E-state index in [1.54, 1.807) is 0 Å². The first-order valence-corrected chi connectivity index (χ1v) is 5.41. The van der Waals surface area contributed by atoms with Crippen molar-refractivity contribution >= 4 is 16.1 Å². The average Bonchev–Trinajstić information content (AvgIpc) is 1.88. The van der Waals surface area contributed by atoms with Crippen molar-refractivity contribution in [2.24, 2.45) is 0 Å². The van der Waals surface area contributed by atoms with Gasteiger partial charge < -0.3 is 20.0 Å². The van der Waals surface area contributed by atoms with E-state index in [0.29, 0.717) is 0 Å². The van der Waals surface area contributed by atoms with Crippen LogP contribution in [0.4, 0.5) is 0 Å². The summed E-state index contributed by atoms with van der Waals surface area (Å²) >= 11 is 0. The molecule has 1 radical (unpaired) electrons. The molecule has 0 amide bonds. The van der Waals surface area contributed by atoms with Gasteiger partial charge in [-0.05, 0) is 0 Å². The molecule has 13 heavy (non-hydrogen) atoms. The van der Waals surface area contributed by atoms with Gasteiger partial charge >= 0.3 is 33.1 Å². The van der Waals surface area contributed by atoms with Crippen LogP contribution in [0.3, 0.4) is 0 Å². The van der Waals surface area contributed by atoms with Crippen LogP contribution in [0.15, 0.2) is 0 Å². The molecule has 0 heterocycles. The Kier molecular flexibility index (Phi) is 15.7. The topological polar surface area (TPSA) is 121 Å². The molecular weight excluding hydrogens is 270 g/mol. The Balaban J connectivity index is -0.000000143. The Morgan fingerprint density at radius 2 is 1.08 bits per heavy atom. The van der Waals surface area contributed by atoms with Gasteiger partial charge in [0.2, 0.25) is 11.7 Å². The van der Waals surface area contributed by atoms with Crippen molar-refractivity contribution in [2.75, 3.05) is 0 Å². The molecule has 9 heteroatoms. The van der Waals surface area contributed by atoms with Crippen molar-refractivity contribution in [3.8, 4) is 0 Å². The van der Waals surface area contributed by atoms with E-state index in [-0.39, 0.29) is 17.1 Å². The van der Waals surface area contributed by atoms with E-state index in [1.807, 2.05) is 0 Å². The van der Waals surface area contributed by atoms with E-state index in [0.717, 1.165) is 0 Å². The minimum absolute atomic E-state index is 0. The van der Waals surface area contributed by atoms with Crippen LogP contribution in [0.1, 0.15) is 13.8 Å². The van der Waals surface area contributed by atoms with Crippen LogP contribution in [0.2, 0.25) is 0 Å². The van der Waals surface area contributed by atoms with Gasteiger partial charge in [0.15, 0.2) is 0 Å². The van der Waals surface area contributed by atoms with Gasteiger partial charge in [0.1, 0.15) is 0 Å². The molecule has 0 saturated heterocycles. The molecule has 0 aliphatic carbocycles. The molecule has 0 aromatic carbocycles. The summed E-state index contributed by atoms with van der Waals surface area (Å²) in [6.07, 6.45) is 0. The number of aliphatic hydroxyl groups is 2. The van der Waals surface area contributed by atoms with Gasteiger partial charge in [-0.15, -0.1) is 0 Å². The van der Waals surface area contributed by atoms with Gasteiger partial charge in [0.05, 0.1) is 0 Å². The summed E-state index contributed by atoms with van der Waals surface area (Å²) in [6.45, 7) is 2.40. The molecule has 0 aliphatic rings. The smallest absolute Gasteiger partial charge is 0.593 e. The van der Waals surface area contributed by atoms with Gasteiger partial charge in [-0.1, -0.05) is 9.13 Å². The zero-order chi connectivity index (χ0) is 10.3. The molecule has 2 N–H and O–H groups in total. The van der Waals surface area contributed by atoms with Crippen molar-refractivity contribution in [2.45, 2.75) is 25.5 Å². The van der Waals surface area contributed by atoms with E-state index in [9.17, 15) is 18.9 Å². The minimum Gasteiger partial charge on any atom is -0.593 e. The SMILES string of the molecule is CC(O)[P+](=O)[O-].CC(O)[P+](=O)[O-].[Cu+2]. The quantitative estimate of drug-likeness (QED) is 0.486. The van der Waals surface area contributed by atoms with Crippen molar-refractivity contribution < 1.29 is 46.2 Å². The first-order chi connectivity index (χ1) is 5.29. The van der Waals surface area contributed by atoms with Crippen molar-refractivity contribution in [1.29, 1.82) is 0 Å². The molecule has 0 rings (SSSR count). The summed E-state index contributed by atoms with van der Waals surface area (Å²) in [7, 11) is -5.21. The Morgan fingerprint density at radius 1 is 1.00 bits per heavy atom. The molecule has 0 aliphatic heterocycles. The fourth-order valence-corrected chi connectivity index (χ4v) is 0. The fraction of sp³-hybridized carbons (Fsp3) is 1.00. The Bertz CT molecular complexity index is 143. The molecule has 4 unspecified atom stereocenters. The van der Waals surface area contributed by atoms with Crippen LogP contribution >= 0.6 is 16.1 Å². The first-order valence-electron chi connectivity index (χ1n) is 2.92. The molecule has 0 bridgehead atoms. The number of hydrogen-bond donors (Lipinski definition) is 2. The summed E-state index contributed by atoms with van der Waals surface area (Å²) in [4.78, 5) is 19.0. The first kappa shape index (κ1) is 19.2. The second kappa shape index (κ2) is 10.6. The summed E-state index contributed by atoms with van der Waals surface area (Å²) in [5, 5.41) is 16.1. The molecule has 0 saturated carbocycles. The predicted molar refractivity (Wildman–Crippen MR) is 38.6 cm³/mol. The normalized spacial score (nSPS) is 15.5. The fourth-order valence-electron chi connectivity index (χ4n) is 0. The largest absolute Gasteiger partial charge is 2.00 e. The summed E-state index contributed by atoms with van der Waals surface area (Å²) in [6, 6.07) is 0. The third-order valence-electron chi connectivity index (χ3n) is 0.610. The molecule has 81 valence electrons. The second-order valence-electron chi connectivity index (χ2n) is 1.83. The molecule has 6 nitrogen and oxygen atoms in total. The molecular formula is C4H10CuO6P2+2. The van der Waals surface area contributed by atoms with Crippen molar-refractivity contribution in [3.63, 3.8) is 0 Å². The Hall–Kier alpha value is 0.559. The average molecular weight is 280 g/mol. The van der Waals surface area contributed by atoms with E-state index in [2.05, 4.69) is 0 Å². The van der Waals surface area contributed by atoms with Gasteiger partial charge in [-0.2, -0.15) is 0 Å². The number of aliphatic hydroxyl groups excluding tert-OH is 2. The van der Waals surface area contributed by atoms with E-state index >= 15 is 0 Å². The molecule has 0 spiro atoms. The third kappa shape index (κ3) is 19.1. The molecule has 0 aromatic rings. The Labute approximate surface area is 88.2 Å². The second-order valence-corrected chi connectivity index (χ2v) is 4.47. The maximum absolute atomic E-state index is 9.49. The van der Waals surface area contributed by atoms with E-state index in [4.69, 9.17) is 10.2 Å². The van der Waals surface area contributed by atoms with E-state index in [1.165, 1.54) is 13.8 Å². The van der Waals surface area contributed by atoms with Crippen molar-refractivity contribution in [3.05, 3.63) is 0 Å². The predicted octanol–water partition coefficient (Wildman–Crippen LogP) is -1.15. The van der Waals surface area contributed by atoms with Crippen molar-refractivity contribution in [1.82, 2.24) is 0 Å². The van der Waals surface area contributed by atoms with Gasteiger partial charge in [-0.25, -0.2) is 0 Å². The maximum Gasteiger partial charge on any atom is 2.00 e. The van der Waals surface area contributed by atoms with Crippen LogP contribution in [-0.4, -0.2) is 21.9 Å². The maximum atomic E-state index is 9.49. The zero-order valence-corrected chi connectivity index (χ0v) is 9.61.